The first-order chi connectivity index (χ1) is 21.0. The Morgan fingerprint density at radius 3 is 2.39 bits per heavy atom. The molecule has 0 spiro atoms. The van der Waals surface area contributed by atoms with E-state index in [9.17, 15) is 39.9 Å². The lowest BCUT2D eigenvalue weighted by molar-refractivity contribution is -0.203. The maximum absolute atomic E-state index is 12.5. The number of terminal acetylenes is 1. The van der Waals surface area contributed by atoms with Crippen LogP contribution in [0.15, 0.2) is 48.5 Å². The zero-order chi connectivity index (χ0) is 32.3. The first-order valence-electron chi connectivity index (χ1n) is 13.6. The van der Waals surface area contributed by atoms with E-state index in [4.69, 9.17) is 27.5 Å². The third kappa shape index (κ3) is 9.83. The minimum Gasteiger partial charge on any atom is -0.493 e. The molecule has 2 aromatic rings. The molecular formula is C30H35ClN2O10S. The number of benzene rings is 2. The average molecular weight is 651 g/mol. The third-order valence-electron chi connectivity index (χ3n) is 6.80. The van der Waals surface area contributed by atoms with Crippen LogP contribution in [-0.4, -0.2) is 98.5 Å². The third-order valence-corrected chi connectivity index (χ3v) is 8.43. The summed E-state index contributed by atoms with van der Waals surface area (Å²) in [5, 5.41) is 57.6. The highest BCUT2D eigenvalue weighted by atomic mass is 35.5. The fourth-order valence-corrected chi connectivity index (χ4v) is 5.77. The molecule has 6 atom stereocenters. The standard InChI is InChI=1S/C30H35ClN2O10S/c1-2-3-12-42-21-10-6-19(7-11-21)17-44-30(29(40)41)14-22(35)26(33-25(38)16-34)28(43-30)27(39)23(36)15-32-24(37)13-18-4-8-20(31)9-5-18/h1,4-11,22-23,26-28,34-36,39H,3,12-17H2,(H,32,37)(H,33,38)(H,40,41)/t22-,23+,26+,27+,28+,30-/m0/s1. The minimum atomic E-state index is -2.09. The number of rotatable bonds is 15. The van der Waals surface area contributed by atoms with Crippen molar-refractivity contribution >= 4 is 41.1 Å². The summed E-state index contributed by atoms with van der Waals surface area (Å²) in [6, 6.07) is 12.0. The largest absolute Gasteiger partial charge is 0.493 e. The Kier molecular flexibility index (Phi) is 13.3. The van der Waals surface area contributed by atoms with Crippen molar-refractivity contribution in [3.63, 3.8) is 0 Å². The molecule has 2 aromatic carbocycles. The van der Waals surface area contributed by atoms with Crippen LogP contribution in [-0.2, 0) is 31.3 Å². The molecule has 0 saturated carbocycles. The number of thioether (sulfide) groups is 1. The maximum Gasteiger partial charge on any atom is 0.346 e. The van der Waals surface area contributed by atoms with E-state index in [1.807, 2.05) is 0 Å². The summed E-state index contributed by atoms with van der Waals surface area (Å²) in [5.41, 5.74) is 1.36. The quantitative estimate of drug-likeness (QED) is 0.105. The van der Waals surface area contributed by atoms with Crippen LogP contribution in [0.25, 0.3) is 0 Å². The van der Waals surface area contributed by atoms with Crippen molar-refractivity contribution in [1.29, 1.82) is 0 Å². The number of halogens is 1. The number of carbonyl (C=O) groups excluding carboxylic acids is 2. The molecule has 7 N–H and O–H groups in total. The number of aliphatic carboxylic acids is 1. The van der Waals surface area contributed by atoms with E-state index in [1.165, 1.54) is 0 Å². The molecule has 1 aliphatic heterocycles. The summed E-state index contributed by atoms with van der Waals surface area (Å²) in [7, 11) is 0. The number of amides is 2. The number of hydrogen-bond acceptors (Lipinski definition) is 10. The van der Waals surface area contributed by atoms with Crippen molar-refractivity contribution in [2.24, 2.45) is 0 Å². The Hall–Kier alpha value is -3.35. The highest BCUT2D eigenvalue weighted by Gasteiger charge is 2.55. The van der Waals surface area contributed by atoms with Gasteiger partial charge in [0.1, 0.15) is 24.6 Å². The maximum atomic E-state index is 12.5. The minimum absolute atomic E-state index is 0.0371. The molecule has 238 valence electrons. The van der Waals surface area contributed by atoms with Crippen LogP contribution in [0.3, 0.4) is 0 Å². The Balaban J connectivity index is 1.73. The Morgan fingerprint density at radius 1 is 1.11 bits per heavy atom. The van der Waals surface area contributed by atoms with E-state index in [0.717, 1.165) is 11.8 Å². The zero-order valence-electron chi connectivity index (χ0n) is 23.6. The van der Waals surface area contributed by atoms with E-state index in [1.54, 1.807) is 48.5 Å². The van der Waals surface area contributed by atoms with E-state index in [0.29, 0.717) is 34.9 Å². The molecule has 0 aliphatic carbocycles. The molecule has 0 aromatic heterocycles. The summed E-state index contributed by atoms with van der Waals surface area (Å²) in [6.45, 7) is -1.06. The lowest BCUT2D eigenvalue weighted by Crippen LogP contribution is -2.67. The van der Waals surface area contributed by atoms with Crippen LogP contribution in [0.1, 0.15) is 24.0 Å². The number of carboxylic acids is 1. The molecule has 14 heteroatoms. The van der Waals surface area contributed by atoms with Gasteiger partial charge in [0.15, 0.2) is 0 Å². The van der Waals surface area contributed by atoms with Crippen molar-refractivity contribution in [3.05, 3.63) is 64.7 Å². The summed E-state index contributed by atoms with van der Waals surface area (Å²) in [4.78, 5) is 34.9. The Morgan fingerprint density at radius 2 is 1.77 bits per heavy atom. The van der Waals surface area contributed by atoms with Crippen molar-refractivity contribution in [2.45, 2.75) is 60.4 Å². The monoisotopic (exact) mass is 650 g/mol. The van der Waals surface area contributed by atoms with Crippen LogP contribution in [0.5, 0.6) is 5.75 Å². The molecule has 1 aliphatic rings. The molecule has 1 saturated heterocycles. The predicted octanol–water partition coefficient (Wildman–Crippen LogP) is 0.464. The highest BCUT2D eigenvalue weighted by molar-refractivity contribution is 8.00. The van der Waals surface area contributed by atoms with Gasteiger partial charge in [-0.2, -0.15) is 0 Å². The van der Waals surface area contributed by atoms with Crippen LogP contribution in [0.4, 0.5) is 0 Å². The van der Waals surface area contributed by atoms with Gasteiger partial charge >= 0.3 is 5.97 Å². The molecule has 3 rings (SSSR count). The van der Waals surface area contributed by atoms with Crippen molar-refractivity contribution < 1.29 is 49.4 Å². The summed E-state index contributed by atoms with van der Waals surface area (Å²) in [5.74, 6) is 0.317. The number of aliphatic hydroxyl groups excluding tert-OH is 4. The van der Waals surface area contributed by atoms with Gasteiger partial charge in [-0.25, -0.2) is 4.79 Å². The molecule has 1 fully saturated rings. The fraction of sp³-hybridized carbons (Fsp3) is 0.433. The first-order valence-corrected chi connectivity index (χ1v) is 15.0. The molecule has 0 bridgehead atoms. The summed E-state index contributed by atoms with van der Waals surface area (Å²) >= 11 is 6.69. The fourth-order valence-electron chi connectivity index (χ4n) is 4.46. The van der Waals surface area contributed by atoms with Crippen LogP contribution in [0.2, 0.25) is 5.02 Å². The van der Waals surface area contributed by atoms with E-state index < -0.39 is 72.7 Å². The molecule has 1 heterocycles. The number of hydrogen-bond donors (Lipinski definition) is 7. The normalized spacial score (nSPS) is 22.7. The smallest absolute Gasteiger partial charge is 0.346 e. The van der Waals surface area contributed by atoms with Gasteiger partial charge in [0, 0.05) is 30.2 Å². The van der Waals surface area contributed by atoms with Crippen LogP contribution in [0, 0.1) is 12.3 Å². The predicted molar refractivity (Wildman–Crippen MR) is 162 cm³/mol. The van der Waals surface area contributed by atoms with Gasteiger partial charge in [-0.05, 0) is 35.4 Å². The van der Waals surface area contributed by atoms with Gasteiger partial charge < -0.3 is 45.6 Å². The number of carboxylic acid groups (broad SMARTS) is 1. The first kappa shape index (κ1) is 35.1. The highest BCUT2D eigenvalue weighted by Crippen LogP contribution is 2.42. The number of carbonyl (C=O) groups is 3. The van der Waals surface area contributed by atoms with Crippen LogP contribution < -0.4 is 15.4 Å². The summed E-state index contributed by atoms with van der Waals surface area (Å²) < 4.78 is 11.4. The topological polar surface area (TPSA) is 195 Å². The van der Waals surface area contributed by atoms with Gasteiger partial charge in [0.25, 0.3) is 0 Å². The molecule has 12 nitrogen and oxygen atoms in total. The van der Waals surface area contributed by atoms with Crippen molar-refractivity contribution in [3.8, 4) is 18.1 Å². The van der Waals surface area contributed by atoms with E-state index in [-0.39, 0.29) is 12.2 Å². The SMILES string of the molecule is C#CCCOc1ccc(CS[C@]2(C(=O)O)C[C@H](O)[C@@H](NC(=O)CO)[C@H]([C@H](O)[C@H](O)CNC(=O)Cc3ccc(Cl)cc3)O2)cc1. The van der Waals surface area contributed by atoms with Gasteiger partial charge in [0.2, 0.25) is 16.7 Å². The Bertz CT molecular complexity index is 1310. The molecular weight excluding hydrogens is 616 g/mol. The molecule has 0 unspecified atom stereocenters. The Labute approximate surface area is 263 Å². The second-order valence-electron chi connectivity index (χ2n) is 10.1. The van der Waals surface area contributed by atoms with Crippen molar-refractivity contribution in [2.75, 3.05) is 19.8 Å². The van der Waals surface area contributed by atoms with Crippen LogP contribution >= 0.6 is 23.4 Å². The van der Waals surface area contributed by atoms with Gasteiger partial charge in [0.05, 0.1) is 31.3 Å². The van der Waals surface area contributed by atoms with Gasteiger partial charge in [-0.1, -0.05) is 35.9 Å². The van der Waals surface area contributed by atoms with E-state index >= 15 is 0 Å². The number of ether oxygens (including phenoxy) is 2. The van der Waals surface area contributed by atoms with Gasteiger partial charge in [-0.15, -0.1) is 24.1 Å². The number of aliphatic hydroxyl groups is 4. The van der Waals surface area contributed by atoms with E-state index in [2.05, 4.69) is 16.6 Å². The number of nitrogens with one attached hydrogen (secondary N) is 2. The lowest BCUT2D eigenvalue weighted by Gasteiger charge is -2.46. The summed E-state index contributed by atoms with van der Waals surface area (Å²) in [6.07, 6.45) is -1.63. The lowest BCUT2D eigenvalue weighted by atomic mass is 9.89. The molecule has 0 radical (unpaired) electrons. The molecule has 2 amide bonds. The zero-order valence-corrected chi connectivity index (χ0v) is 25.2. The molecule has 44 heavy (non-hydrogen) atoms. The average Bonchev–Trinajstić information content (AvgIpc) is 3.01. The van der Waals surface area contributed by atoms with Crippen molar-refractivity contribution in [1.82, 2.24) is 10.6 Å². The second kappa shape index (κ2) is 16.6. The second-order valence-corrected chi connectivity index (χ2v) is 11.7. The van der Waals surface area contributed by atoms with Gasteiger partial charge in [-0.3, -0.25) is 9.59 Å².